The van der Waals surface area contributed by atoms with Gasteiger partial charge in [0.2, 0.25) is 0 Å². The van der Waals surface area contributed by atoms with E-state index in [-0.39, 0.29) is 41.3 Å². The quantitative estimate of drug-likeness (QED) is 0.631. The number of hydrogen-bond acceptors (Lipinski definition) is 3. The number of nitrogens with one attached hydrogen (secondary N) is 1. The van der Waals surface area contributed by atoms with E-state index in [4.69, 9.17) is 16.3 Å². The Bertz CT molecular complexity index is 1130. The van der Waals surface area contributed by atoms with Crippen molar-refractivity contribution in [1.82, 2.24) is 14.8 Å². The number of rotatable bonds is 6. The standard InChI is InChI=1S/C23H21ClFN3O3/c1-27-9-10-28-13-17(22(29)26-12-16-7-8-19(25)18(24)11-16)21(20(28)23(27)30)31-14-15-5-3-2-4-6-15/h2-8,11,13H,9-10,12,14H2,1H3,(H,26,29). The Kier molecular flexibility index (Phi) is 5.95. The van der Waals surface area contributed by atoms with Crippen LogP contribution in [0.5, 0.6) is 5.75 Å². The van der Waals surface area contributed by atoms with Crippen LogP contribution >= 0.6 is 11.6 Å². The zero-order chi connectivity index (χ0) is 22.0. The molecule has 0 atom stereocenters. The maximum Gasteiger partial charge on any atom is 0.274 e. The third-order valence-corrected chi connectivity index (χ3v) is 5.45. The van der Waals surface area contributed by atoms with Crippen molar-refractivity contribution in [3.8, 4) is 5.75 Å². The number of amides is 2. The van der Waals surface area contributed by atoms with Crippen LogP contribution in [-0.4, -0.2) is 34.9 Å². The molecule has 0 radical (unpaired) electrons. The minimum Gasteiger partial charge on any atom is -0.486 e. The Morgan fingerprint density at radius 1 is 1.16 bits per heavy atom. The van der Waals surface area contributed by atoms with E-state index in [2.05, 4.69) is 5.32 Å². The smallest absolute Gasteiger partial charge is 0.274 e. The molecule has 1 aromatic heterocycles. The van der Waals surface area contributed by atoms with Crippen LogP contribution in [0.2, 0.25) is 5.02 Å². The van der Waals surface area contributed by atoms with Gasteiger partial charge in [-0.2, -0.15) is 0 Å². The molecular weight excluding hydrogens is 421 g/mol. The van der Waals surface area contributed by atoms with Gasteiger partial charge in [-0.3, -0.25) is 9.59 Å². The maximum absolute atomic E-state index is 13.4. The molecule has 0 saturated heterocycles. The fraction of sp³-hybridized carbons (Fsp3) is 0.217. The second kappa shape index (κ2) is 8.81. The van der Waals surface area contributed by atoms with E-state index < -0.39 is 5.82 Å². The van der Waals surface area contributed by atoms with Crippen molar-refractivity contribution >= 4 is 23.4 Å². The van der Waals surface area contributed by atoms with Gasteiger partial charge in [-0.15, -0.1) is 0 Å². The Hall–Kier alpha value is -3.32. The van der Waals surface area contributed by atoms with Gasteiger partial charge in [0, 0.05) is 32.9 Å². The summed E-state index contributed by atoms with van der Waals surface area (Å²) in [5.74, 6) is -0.842. The van der Waals surface area contributed by atoms with Crippen molar-refractivity contribution < 1.29 is 18.7 Å². The third-order valence-electron chi connectivity index (χ3n) is 5.17. The van der Waals surface area contributed by atoms with Crippen molar-refractivity contribution in [1.29, 1.82) is 0 Å². The van der Waals surface area contributed by atoms with Gasteiger partial charge in [0.15, 0.2) is 11.4 Å². The lowest BCUT2D eigenvalue weighted by atomic mass is 10.2. The summed E-state index contributed by atoms with van der Waals surface area (Å²) in [7, 11) is 1.72. The SMILES string of the molecule is CN1CCn2cc(C(=O)NCc3ccc(F)c(Cl)c3)c(OCc3ccccc3)c2C1=O. The predicted octanol–water partition coefficient (Wildman–Crippen LogP) is 3.88. The lowest BCUT2D eigenvalue weighted by Gasteiger charge is -2.25. The third kappa shape index (κ3) is 4.41. The molecule has 0 saturated carbocycles. The van der Waals surface area contributed by atoms with Crippen LogP contribution in [-0.2, 0) is 19.7 Å². The second-order valence-corrected chi connectivity index (χ2v) is 7.75. The molecule has 31 heavy (non-hydrogen) atoms. The molecule has 2 amide bonds. The van der Waals surface area contributed by atoms with E-state index in [0.717, 1.165) is 5.56 Å². The molecule has 6 nitrogen and oxygen atoms in total. The summed E-state index contributed by atoms with van der Waals surface area (Å²) in [6, 6.07) is 13.8. The predicted molar refractivity (Wildman–Crippen MR) is 115 cm³/mol. The number of carbonyl (C=O) groups is 2. The number of fused-ring (bicyclic) bond motifs is 1. The van der Waals surface area contributed by atoms with Crippen molar-refractivity contribution in [2.75, 3.05) is 13.6 Å². The van der Waals surface area contributed by atoms with Crippen LogP contribution in [0.3, 0.4) is 0 Å². The minimum atomic E-state index is -0.518. The molecule has 2 heterocycles. The van der Waals surface area contributed by atoms with Gasteiger partial charge in [0.05, 0.1) is 10.6 Å². The summed E-state index contributed by atoms with van der Waals surface area (Å²) in [5.41, 5.74) is 2.22. The first kappa shape index (κ1) is 20.9. The monoisotopic (exact) mass is 441 g/mol. The van der Waals surface area contributed by atoms with Gasteiger partial charge in [0.25, 0.3) is 11.8 Å². The molecular formula is C23H21ClFN3O3. The zero-order valence-corrected chi connectivity index (χ0v) is 17.7. The molecule has 2 aromatic carbocycles. The summed E-state index contributed by atoms with van der Waals surface area (Å²) >= 11 is 5.82. The minimum absolute atomic E-state index is 0.00778. The van der Waals surface area contributed by atoms with Crippen molar-refractivity contribution in [2.45, 2.75) is 19.7 Å². The lowest BCUT2D eigenvalue weighted by molar-refractivity contribution is 0.0743. The molecule has 0 aliphatic carbocycles. The van der Waals surface area contributed by atoms with Crippen LogP contribution in [0.1, 0.15) is 32.0 Å². The molecule has 0 fully saturated rings. The Balaban J connectivity index is 1.59. The van der Waals surface area contributed by atoms with E-state index >= 15 is 0 Å². The van der Waals surface area contributed by atoms with E-state index in [9.17, 15) is 14.0 Å². The number of halogens is 2. The van der Waals surface area contributed by atoms with Crippen LogP contribution in [0.25, 0.3) is 0 Å². The number of ether oxygens (including phenoxy) is 1. The van der Waals surface area contributed by atoms with Gasteiger partial charge in [0.1, 0.15) is 12.4 Å². The summed E-state index contributed by atoms with van der Waals surface area (Å²) < 4.78 is 21.1. The highest BCUT2D eigenvalue weighted by atomic mass is 35.5. The van der Waals surface area contributed by atoms with Gasteiger partial charge in [-0.1, -0.05) is 48.0 Å². The summed E-state index contributed by atoms with van der Waals surface area (Å²) in [5, 5.41) is 2.79. The molecule has 0 unspecified atom stereocenters. The molecule has 3 aromatic rings. The first-order valence-corrected chi connectivity index (χ1v) is 10.2. The highest BCUT2D eigenvalue weighted by Crippen LogP contribution is 2.31. The van der Waals surface area contributed by atoms with Gasteiger partial charge >= 0.3 is 0 Å². The van der Waals surface area contributed by atoms with Crippen LogP contribution in [0.4, 0.5) is 4.39 Å². The fourth-order valence-corrected chi connectivity index (χ4v) is 3.64. The van der Waals surface area contributed by atoms with Gasteiger partial charge in [-0.05, 0) is 23.3 Å². The van der Waals surface area contributed by atoms with Crippen molar-refractivity contribution in [2.24, 2.45) is 0 Å². The van der Waals surface area contributed by atoms with Gasteiger partial charge in [-0.25, -0.2) is 4.39 Å². The Morgan fingerprint density at radius 3 is 2.68 bits per heavy atom. The molecule has 1 aliphatic heterocycles. The van der Waals surface area contributed by atoms with E-state index in [1.807, 2.05) is 30.3 Å². The highest BCUT2D eigenvalue weighted by molar-refractivity contribution is 6.30. The molecule has 1 aliphatic rings. The lowest BCUT2D eigenvalue weighted by Crippen LogP contribution is -2.37. The fourth-order valence-electron chi connectivity index (χ4n) is 3.44. The normalized spacial score (nSPS) is 13.1. The number of aromatic nitrogens is 1. The zero-order valence-electron chi connectivity index (χ0n) is 16.9. The number of carbonyl (C=O) groups excluding carboxylic acids is 2. The molecule has 0 bridgehead atoms. The van der Waals surface area contributed by atoms with Gasteiger partial charge < -0.3 is 19.5 Å². The average molecular weight is 442 g/mol. The second-order valence-electron chi connectivity index (χ2n) is 7.35. The number of hydrogen-bond donors (Lipinski definition) is 1. The van der Waals surface area contributed by atoms with Crippen LogP contribution in [0.15, 0.2) is 54.7 Å². The molecule has 4 rings (SSSR count). The Morgan fingerprint density at radius 2 is 1.94 bits per heavy atom. The molecule has 0 spiro atoms. The molecule has 160 valence electrons. The van der Waals surface area contributed by atoms with E-state index in [1.54, 1.807) is 28.8 Å². The molecule has 1 N–H and O–H groups in total. The Labute approximate surface area is 184 Å². The number of likely N-dealkylation sites (N-methyl/N-ethyl adjacent to an activating group) is 1. The summed E-state index contributed by atoms with van der Waals surface area (Å²) in [4.78, 5) is 27.4. The first-order chi connectivity index (χ1) is 14.9. The first-order valence-electron chi connectivity index (χ1n) is 9.81. The topological polar surface area (TPSA) is 63.6 Å². The summed E-state index contributed by atoms with van der Waals surface area (Å²) in [6.45, 7) is 1.50. The van der Waals surface area contributed by atoms with Crippen LogP contribution in [0, 0.1) is 5.82 Å². The maximum atomic E-state index is 13.4. The number of benzene rings is 2. The van der Waals surface area contributed by atoms with Crippen LogP contribution < -0.4 is 10.1 Å². The highest BCUT2D eigenvalue weighted by Gasteiger charge is 2.31. The largest absolute Gasteiger partial charge is 0.486 e. The van der Waals surface area contributed by atoms with E-state index in [1.165, 1.54) is 12.1 Å². The molecule has 8 heteroatoms. The van der Waals surface area contributed by atoms with Crippen molar-refractivity contribution in [3.63, 3.8) is 0 Å². The van der Waals surface area contributed by atoms with E-state index in [0.29, 0.717) is 24.3 Å². The average Bonchev–Trinajstić information content (AvgIpc) is 3.15. The van der Waals surface area contributed by atoms with Crippen molar-refractivity contribution in [3.05, 3.63) is 88.0 Å². The number of nitrogens with zero attached hydrogens (tertiary/aromatic N) is 2. The summed E-state index contributed by atoms with van der Waals surface area (Å²) in [6.07, 6.45) is 1.65.